The van der Waals surface area contributed by atoms with Crippen LogP contribution < -0.4 is 10.7 Å². The number of aromatic hydroxyl groups is 1. The van der Waals surface area contributed by atoms with Crippen molar-refractivity contribution in [1.29, 1.82) is 5.41 Å². The van der Waals surface area contributed by atoms with Gasteiger partial charge in [-0.1, -0.05) is 6.07 Å². The number of halogens is 3. The number of amidine groups is 1. The lowest BCUT2D eigenvalue weighted by molar-refractivity contribution is 0.0560. The Bertz CT molecular complexity index is 1390. The van der Waals surface area contributed by atoms with Crippen LogP contribution in [0.4, 0.5) is 13.2 Å². The van der Waals surface area contributed by atoms with Crippen molar-refractivity contribution in [2.45, 2.75) is 38.4 Å². The molecule has 0 radical (unpaired) electrons. The summed E-state index contributed by atoms with van der Waals surface area (Å²) >= 11 is 0. The molecule has 1 aromatic heterocycles. The fourth-order valence-electron chi connectivity index (χ4n) is 6.02. The number of nitrogens with one attached hydrogen (secondary N) is 2. The van der Waals surface area contributed by atoms with Crippen molar-refractivity contribution in [2.24, 2.45) is 23.7 Å². The van der Waals surface area contributed by atoms with Crippen molar-refractivity contribution < 1.29 is 27.9 Å². The summed E-state index contributed by atoms with van der Waals surface area (Å²) in [6.07, 6.45) is 4.38. The fraction of sp³-hybridized carbons (Fsp3) is 0.417. The van der Waals surface area contributed by atoms with Crippen LogP contribution in [0.25, 0.3) is 0 Å². The minimum absolute atomic E-state index is 0.00556. The van der Waals surface area contributed by atoms with E-state index in [1.54, 1.807) is 0 Å². The minimum atomic E-state index is -1.67. The molecule has 1 saturated heterocycles. The van der Waals surface area contributed by atoms with E-state index >= 15 is 0 Å². The lowest BCUT2D eigenvalue weighted by Gasteiger charge is -2.42. The molecule has 3 N–H and O–H groups in total. The molecule has 6 rings (SSSR count). The lowest BCUT2D eigenvalue weighted by atomic mass is 9.62. The minimum Gasteiger partial charge on any atom is -0.503 e. The van der Waals surface area contributed by atoms with E-state index in [0.29, 0.717) is 11.8 Å². The zero-order valence-electron chi connectivity index (χ0n) is 18.4. The first kappa shape index (κ1) is 21.9. The van der Waals surface area contributed by atoms with Crippen LogP contribution >= 0.6 is 0 Å². The average Bonchev–Trinajstić information content (AvgIpc) is 3.60. The second-order valence-corrected chi connectivity index (χ2v) is 9.79. The van der Waals surface area contributed by atoms with Gasteiger partial charge in [0.05, 0.1) is 6.04 Å². The van der Waals surface area contributed by atoms with Crippen LogP contribution in [0, 0.1) is 46.5 Å². The fourth-order valence-corrected chi connectivity index (χ4v) is 6.02. The number of carbonyl (C=O) groups is 2. The number of nitrogens with zero attached hydrogens (tertiary/aromatic N) is 2. The Labute approximate surface area is 196 Å². The molecule has 2 saturated carbocycles. The third kappa shape index (κ3) is 3.06. The molecule has 2 amide bonds. The number of benzene rings is 1. The zero-order valence-corrected chi connectivity index (χ0v) is 18.4. The van der Waals surface area contributed by atoms with Gasteiger partial charge in [-0.25, -0.2) is 13.2 Å². The number of hydrogen-bond acceptors (Lipinski definition) is 5. The smallest absolute Gasteiger partial charge is 0.280 e. The zero-order chi connectivity index (χ0) is 24.8. The summed E-state index contributed by atoms with van der Waals surface area (Å²) in [6.45, 7) is -0.309. The van der Waals surface area contributed by atoms with Gasteiger partial charge in [-0.2, -0.15) is 0 Å². The van der Waals surface area contributed by atoms with E-state index < -0.39 is 52.6 Å². The molecule has 3 fully saturated rings. The highest BCUT2D eigenvalue weighted by molar-refractivity contribution is 6.09. The highest BCUT2D eigenvalue weighted by Crippen LogP contribution is 2.59. The number of carbonyl (C=O) groups excluding carboxylic acids is 2. The van der Waals surface area contributed by atoms with E-state index in [1.807, 2.05) is 0 Å². The predicted molar refractivity (Wildman–Crippen MR) is 115 cm³/mol. The number of aromatic nitrogens is 1. The molecular weight excluding hydrogens is 465 g/mol. The van der Waals surface area contributed by atoms with Gasteiger partial charge in [-0.05, 0) is 43.1 Å². The number of rotatable bonds is 4. The maximum atomic E-state index is 13.9. The predicted octanol–water partition coefficient (Wildman–Crippen LogP) is 2.38. The molecule has 4 atom stereocenters. The SMILES string of the molecule is N=C1C2C(C3CC3)C[C@H]2[C@@H]2Cn3cc(C(=O)NCc4ccc(F)c(F)c4F)c(=O)c(O)c3C(=O)N12. The van der Waals surface area contributed by atoms with E-state index in [0.717, 1.165) is 31.4 Å². The van der Waals surface area contributed by atoms with Crippen molar-refractivity contribution >= 4 is 17.6 Å². The van der Waals surface area contributed by atoms with Crippen LogP contribution in [0.3, 0.4) is 0 Å². The highest BCUT2D eigenvalue weighted by Gasteiger charge is 2.62. The molecule has 0 bridgehead atoms. The molecule has 1 aromatic carbocycles. The quantitative estimate of drug-likeness (QED) is 0.576. The summed E-state index contributed by atoms with van der Waals surface area (Å²) in [4.78, 5) is 40.1. The van der Waals surface area contributed by atoms with Crippen LogP contribution in [-0.4, -0.2) is 38.3 Å². The maximum absolute atomic E-state index is 13.9. The van der Waals surface area contributed by atoms with E-state index in [1.165, 1.54) is 15.7 Å². The summed E-state index contributed by atoms with van der Waals surface area (Å²) in [6, 6.07) is 1.39. The lowest BCUT2D eigenvalue weighted by Crippen LogP contribution is -2.49. The summed E-state index contributed by atoms with van der Waals surface area (Å²) in [5.41, 5.74) is -2.15. The Morgan fingerprint density at radius 3 is 2.60 bits per heavy atom. The molecule has 8 nitrogen and oxygen atoms in total. The van der Waals surface area contributed by atoms with Crippen LogP contribution in [0.15, 0.2) is 23.1 Å². The van der Waals surface area contributed by atoms with Crippen molar-refractivity contribution in [3.05, 3.63) is 62.8 Å². The van der Waals surface area contributed by atoms with E-state index in [4.69, 9.17) is 5.41 Å². The maximum Gasteiger partial charge on any atom is 0.280 e. The van der Waals surface area contributed by atoms with Crippen molar-refractivity contribution in [3.63, 3.8) is 0 Å². The number of pyridine rings is 1. The average molecular weight is 486 g/mol. The number of fused-ring (bicyclic) bond motifs is 4. The van der Waals surface area contributed by atoms with Crippen LogP contribution in [0.2, 0.25) is 0 Å². The van der Waals surface area contributed by atoms with Gasteiger partial charge >= 0.3 is 0 Å². The van der Waals surface area contributed by atoms with E-state index in [2.05, 4.69) is 5.32 Å². The Morgan fingerprint density at radius 2 is 1.89 bits per heavy atom. The first-order valence-corrected chi connectivity index (χ1v) is 11.5. The molecule has 11 heteroatoms. The third-order valence-electron chi connectivity index (χ3n) is 7.96. The molecule has 0 spiro atoms. The van der Waals surface area contributed by atoms with Crippen molar-refractivity contribution in [3.8, 4) is 5.75 Å². The number of amides is 2. The van der Waals surface area contributed by atoms with Crippen LogP contribution in [-0.2, 0) is 13.1 Å². The number of hydrogen-bond donors (Lipinski definition) is 3. The third-order valence-corrected chi connectivity index (χ3v) is 7.96. The topological polar surface area (TPSA) is 115 Å². The van der Waals surface area contributed by atoms with Crippen LogP contribution in [0.5, 0.6) is 5.75 Å². The van der Waals surface area contributed by atoms with Gasteiger partial charge in [0.15, 0.2) is 28.9 Å². The standard InChI is InChI=1S/C24H21F3N4O4/c25-14-4-3-10(17(26)18(14)27)6-29-23(34)13-7-30-8-15-12-5-11(9-1-2-9)16(12)22(28)31(15)24(35)19(30)21(33)20(13)32/h3-4,7,9,11-12,15-16,28,33H,1-2,5-6,8H2,(H,29,34)/t11?,12-,15-,16?/m0/s1. The van der Waals surface area contributed by atoms with Gasteiger partial charge in [0.2, 0.25) is 5.43 Å². The van der Waals surface area contributed by atoms with Crippen LogP contribution in [0.1, 0.15) is 45.7 Å². The molecule has 2 aliphatic carbocycles. The molecule has 2 aliphatic heterocycles. The Hall–Kier alpha value is -3.63. The second kappa shape index (κ2) is 7.43. The van der Waals surface area contributed by atoms with Gasteiger partial charge in [-0.15, -0.1) is 0 Å². The molecule has 2 aromatic rings. The van der Waals surface area contributed by atoms with Crippen molar-refractivity contribution in [2.75, 3.05) is 0 Å². The summed E-state index contributed by atoms with van der Waals surface area (Å²) in [5, 5.41) is 21.4. The molecule has 182 valence electrons. The van der Waals surface area contributed by atoms with E-state index in [-0.39, 0.29) is 41.5 Å². The van der Waals surface area contributed by atoms with Gasteiger partial charge in [0.25, 0.3) is 11.8 Å². The Morgan fingerprint density at radius 1 is 1.14 bits per heavy atom. The monoisotopic (exact) mass is 486 g/mol. The molecular formula is C24H21F3N4O4. The molecule has 3 heterocycles. The summed E-state index contributed by atoms with van der Waals surface area (Å²) < 4.78 is 41.9. The van der Waals surface area contributed by atoms with E-state index in [9.17, 15) is 32.7 Å². The van der Waals surface area contributed by atoms with Gasteiger partial charge in [-0.3, -0.25) is 24.7 Å². The summed E-state index contributed by atoms with van der Waals surface area (Å²) in [7, 11) is 0. The Kier molecular flexibility index (Phi) is 4.64. The van der Waals surface area contributed by atoms with Gasteiger partial charge in [0, 0.05) is 30.8 Å². The highest BCUT2D eigenvalue weighted by atomic mass is 19.2. The second-order valence-electron chi connectivity index (χ2n) is 9.79. The molecule has 35 heavy (non-hydrogen) atoms. The largest absolute Gasteiger partial charge is 0.503 e. The summed E-state index contributed by atoms with van der Waals surface area (Å²) in [5.74, 6) is -5.65. The normalized spacial score (nSPS) is 26.7. The molecule has 2 unspecified atom stereocenters. The Balaban J connectivity index is 1.28. The first-order valence-electron chi connectivity index (χ1n) is 11.5. The van der Waals surface area contributed by atoms with Gasteiger partial charge < -0.3 is 15.0 Å². The van der Waals surface area contributed by atoms with Crippen molar-refractivity contribution in [1.82, 2.24) is 14.8 Å². The molecule has 4 aliphatic rings. The first-order chi connectivity index (χ1) is 16.7. The van der Waals surface area contributed by atoms with Gasteiger partial charge in [0.1, 0.15) is 11.4 Å².